The Labute approximate surface area is 142 Å². The van der Waals surface area contributed by atoms with Gasteiger partial charge in [-0.05, 0) is 50.2 Å². The van der Waals surface area contributed by atoms with E-state index in [9.17, 15) is 0 Å². The Kier molecular flexibility index (Phi) is 5.12. The van der Waals surface area contributed by atoms with Crippen LogP contribution in [0.2, 0.25) is 0 Å². The number of ether oxygens (including phenoxy) is 2. The Morgan fingerprint density at radius 3 is 1.46 bits per heavy atom. The number of aromatic nitrogens is 1. The molecule has 0 amide bonds. The molecule has 0 fully saturated rings. The lowest BCUT2D eigenvalue weighted by Gasteiger charge is -2.09. The van der Waals surface area contributed by atoms with Crippen molar-refractivity contribution in [3.63, 3.8) is 0 Å². The van der Waals surface area contributed by atoms with Gasteiger partial charge in [0.05, 0.1) is 11.4 Å². The van der Waals surface area contributed by atoms with Crippen LogP contribution in [0.15, 0.2) is 66.7 Å². The van der Waals surface area contributed by atoms with Gasteiger partial charge < -0.3 is 9.47 Å². The van der Waals surface area contributed by atoms with Crippen LogP contribution >= 0.6 is 0 Å². The van der Waals surface area contributed by atoms with Gasteiger partial charge in [0.25, 0.3) is 0 Å². The molecule has 0 atom stereocenters. The fourth-order valence-electron chi connectivity index (χ4n) is 2.27. The first-order valence-electron chi connectivity index (χ1n) is 8.03. The molecule has 3 nitrogen and oxygen atoms in total. The van der Waals surface area contributed by atoms with Crippen LogP contribution < -0.4 is 9.47 Å². The second-order valence-corrected chi connectivity index (χ2v) is 5.82. The summed E-state index contributed by atoms with van der Waals surface area (Å²) in [5, 5.41) is 0. The molecule has 3 rings (SSSR count). The molecule has 0 unspecified atom stereocenters. The van der Waals surface area contributed by atoms with Gasteiger partial charge in [-0.1, -0.05) is 41.5 Å². The summed E-state index contributed by atoms with van der Waals surface area (Å²) >= 11 is 0. The molecule has 3 aromatic rings. The molecule has 0 aliphatic carbocycles. The van der Waals surface area contributed by atoms with Crippen LogP contribution in [0.4, 0.5) is 0 Å². The van der Waals surface area contributed by atoms with E-state index in [-0.39, 0.29) is 0 Å². The van der Waals surface area contributed by atoms with E-state index >= 15 is 0 Å². The monoisotopic (exact) mass is 319 g/mol. The van der Waals surface area contributed by atoms with Gasteiger partial charge in [0.15, 0.2) is 0 Å². The predicted molar refractivity (Wildman–Crippen MR) is 95.3 cm³/mol. The second kappa shape index (κ2) is 7.64. The highest BCUT2D eigenvalue weighted by Crippen LogP contribution is 2.15. The van der Waals surface area contributed by atoms with Gasteiger partial charge in [-0.25, -0.2) is 0 Å². The molecule has 2 aromatic carbocycles. The largest absolute Gasteiger partial charge is 0.487 e. The second-order valence-electron chi connectivity index (χ2n) is 5.82. The van der Waals surface area contributed by atoms with Gasteiger partial charge in [-0.2, -0.15) is 0 Å². The van der Waals surface area contributed by atoms with Crippen LogP contribution in [-0.4, -0.2) is 4.98 Å². The smallest absolute Gasteiger partial charge is 0.130 e. The average molecular weight is 319 g/mol. The number of hydrogen-bond donors (Lipinski definition) is 0. The van der Waals surface area contributed by atoms with Gasteiger partial charge >= 0.3 is 0 Å². The maximum atomic E-state index is 5.77. The number of pyridine rings is 1. The quantitative estimate of drug-likeness (QED) is 0.650. The number of rotatable bonds is 6. The minimum atomic E-state index is 0.446. The van der Waals surface area contributed by atoms with E-state index in [2.05, 4.69) is 18.8 Å². The third-order valence-electron chi connectivity index (χ3n) is 3.68. The van der Waals surface area contributed by atoms with E-state index < -0.39 is 0 Å². The Morgan fingerprint density at radius 2 is 1.04 bits per heavy atom. The van der Waals surface area contributed by atoms with E-state index in [0.29, 0.717) is 13.2 Å². The van der Waals surface area contributed by atoms with Crippen molar-refractivity contribution in [2.24, 2.45) is 0 Å². The molecule has 0 spiro atoms. The van der Waals surface area contributed by atoms with Crippen LogP contribution in [0.5, 0.6) is 11.5 Å². The van der Waals surface area contributed by atoms with Crippen molar-refractivity contribution in [2.45, 2.75) is 27.1 Å². The fraction of sp³-hybridized carbons (Fsp3) is 0.190. The Bertz CT molecular complexity index is 715. The minimum absolute atomic E-state index is 0.446. The lowest BCUT2D eigenvalue weighted by atomic mass is 10.2. The summed E-state index contributed by atoms with van der Waals surface area (Å²) in [6.07, 6.45) is 0. The van der Waals surface area contributed by atoms with Crippen molar-refractivity contribution in [1.82, 2.24) is 4.98 Å². The van der Waals surface area contributed by atoms with E-state index in [0.717, 1.165) is 22.9 Å². The van der Waals surface area contributed by atoms with Crippen LogP contribution in [-0.2, 0) is 13.2 Å². The van der Waals surface area contributed by atoms with Crippen molar-refractivity contribution in [1.29, 1.82) is 0 Å². The molecule has 0 bridgehead atoms. The van der Waals surface area contributed by atoms with Crippen LogP contribution in [0, 0.1) is 13.8 Å². The third kappa shape index (κ3) is 4.59. The number of aryl methyl sites for hydroxylation is 2. The Hall–Kier alpha value is -2.81. The summed E-state index contributed by atoms with van der Waals surface area (Å²) in [5.41, 5.74) is 4.22. The minimum Gasteiger partial charge on any atom is -0.487 e. The SMILES string of the molecule is Cc1ccc(OCc2cccc(COc3ccc(C)cc3)n2)cc1. The highest BCUT2D eigenvalue weighted by atomic mass is 16.5. The molecule has 0 saturated heterocycles. The summed E-state index contributed by atoms with van der Waals surface area (Å²) in [4.78, 5) is 4.59. The maximum absolute atomic E-state index is 5.77. The Balaban J connectivity index is 1.57. The zero-order valence-electron chi connectivity index (χ0n) is 14.0. The highest BCUT2D eigenvalue weighted by Gasteiger charge is 2.01. The van der Waals surface area contributed by atoms with Gasteiger partial charge in [0.1, 0.15) is 24.7 Å². The van der Waals surface area contributed by atoms with E-state index in [1.807, 2.05) is 66.7 Å². The molecule has 1 heterocycles. The van der Waals surface area contributed by atoms with Gasteiger partial charge in [-0.15, -0.1) is 0 Å². The van der Waals surface area contributed by atoms with E-state index in [1.54, 1.807) is 0 Å². The number of benzene rings is 2. The Morgan fingerprint density at radius 1 is 0.625 bits per heavy atom. The van der Waals surface area contributed by atoms with Crippen molar-refractivity contribution in [3.8, 4) is 11.5 Å². The molecule has 122 valence electrons. The first-order chi connectivity index (χ1) is 11.7. The van der Waals surface area contributed by atoms with E-state index in [1.165, 1.54) is 11.1 Å². The molecule has 0 N–H and O–H groups in total. The molecule has 1 aromatic heterocycles. The lowest BCUT2D eigenvalue weighted by Crippen LogP contribution is -2.03. The number of nitrogens with zero attached hydrogens (tertiary/aromatic N) is 1. The maximum Gasteiger partial charge on any atom is 0.130 e. The zero-order valence-corrected chi connectivity index (χ0v) is 14.0. The summed E-state index contributed by atoms with van der Waals surface area (Å²) in [5.74, 6) is 1.70. The molecule has 0 radical (unpaired) electrons. The summed E-state index contributed by atoms with van der Waals surface area (Å²) in [6.45, 7) is 5.01. The molecule has 24 heavy (non-hydrogen) atoms. The zero-order chi connectivity index (χ0) is 16.8. The van der Waals surface area contributed by atoms with Crippen molar-refractivity contribution >= 4 is 0 Å². The normalized spacial score (nSPS) is 10.4. The topological polar surface area (TPSA) is 31.4 Å². The van der Waals surface area contributed by atoms with Crippen LogP contribution in [0.25, 0.3) is 0 Å². The third-order valence-corrected chi connectivity index (χ3v) is 3.68. The average Bonchev–Trinajstić information content (AvgIpc) is 2.61. The fourth-order valence-corrected chi connectivity index (χ4v) is 2.27. The molecule has 0 saturated carbocycles. The summed E-state index contributed by atoms with van der Waals surface area (Å²) in [6, 6.07) is 21.9. The summed E-state index contributed by atoms with van der Waals surface area (Å²) in [7, 11) is 0. The van der Waals surface area contributed by atoms with Gasteiger partial charge in [0.2, 0.25) is 0 Å². The molecule has 0 aliphatic rings. The molecule has 0 aliphatic heterocycles. The van der Waals surface area contributed by atoms with Crippen LogP contribution in [0.1, 0.15) is 22.5 Å². The van der Waals surface area contributed by atoms with Gasteiger partial charge in [-0.3, -0.25) is 4.98 Å². The first-order valence-corrected chi connectivity index (χ1v) is 8.03. The van der Waals surface area contributed by atoms with Crippen molar-refractivity contribution < 1.29 is 9.47 Å². The predicted octanol–water partition coefficient (Wildman–Crippen LogP) is 4.86. The molecular weight excluding hydrogens is 298 g/mol. The molecule has 3 heteroatoms. The standard InChI is InChI=1S/C21H21NO2/c1-16-6-10-20(11-7-16)23-14-18-4-3-5-19(22-18)15-24-21-12-8-17(2)9-13-21/h3-13H,14-15H2,1-2H3. The number of hydrogen-bond acceptors (Lipinski definition) is 3. The van der Waals surface area contributed by atoms with Gasteiger partial charge in [0, 0.05) is 0 Å². The highest BCUT2D eigenvalue weighted by molar-refractivity contribution is 5.27. The first kappa shape index (κ1) is 16.1. The molecular formula is C21H21NO2. The van der Waals surface area contributed by atoms with E-state index in [4.69, 9.17) is 9.47 Å². The summed E-state index contributed by atoms with van der Waals surface area (Å²) < 4.78 is 11.5. The van der Waals surface area contributed by atoms with Crippen LogP contribution in [0.3, 0.4) is 0 Å². The lowest BCUT2D eigenvalue weighted by molar-refractivity contribution is 0.290. The van der Waals surface area contributed by atoms with Crippen molar-refractivity contribution in [3.05, 3.63) is 89.2 Å². The van der Waals surface area contributed by atoms with Crippen molar-refractivity contribution in [2.75, 3.05) is 0 Å².